The number of likely N-dealkylation sites (N-methyl/N-ethyl adjacent to an activating group) is 2. The van der Waals surface area contributed by atoms with Crippen LogP contribution < -0.4 is 0 Å². The smallest absolute Gasteiger partial charge is 0.340 e. The van der Waals surface area contributed by atoms with Crippen LogP contribution in [0.2, 0.25) is 0 Å². The number of piperazine rings is 1. The van der Waals surface area contributed by atoms with Crippen LogP contribution in [0.3, 0.4) is 0 Å². The summed E-state index contributed by atoms with van der Waals surface area (Å²) in [6.07, 6.45) is 0.674. The molecule has 1 aromatic heterocycles. The third-order valence-electron chi connectivity index (χ3n) is 4.70. The molecule has 0 aliphatic carbocycles. The number of carbonyl (C=O) groups excluding carboxylic acids is 3. The van der Waals surface area contributed by atoms with E-state index < -0.39 is 5.97 Å². The number of rotatable bonds is 7. The molecule has 0 radical (unpaired) electrons. The van der Waals surface area contributed by atoms with Gasteiger partial charge in [-0.25, -0.2) is 9.80 Å². The molecule has 1 amide bonds. The Balaban J connectivity index is 2.21. The fourth-order valence-electron chi connectivity index (χ4n) is 3.22. The fourth-order valence-corrected chi connectivity index (χ4v) is 3.22. The molecular formula is C18H28N4O4. The lowest BCUT2D eigenvalue weighted by molar-refractivity contribution is -0.151. The first kappa shape index (κ1) is 20.1. The highest BCUT2D eigenvalue weighted by molar-refractivity contribution is 5.97. The molecule has 0 aromatic carbocycles. The molecule has 0 saturated carbocycles. The SMILES string of the molecule is CCOC(=O)c1c(CC(=O)N(CC)N2CCN(C)CC2)[nH]c(C=O)c1C. The number of carbonyl (C=O) groups is 3. The van der Waals surface area contributed by atoms with Crippen LogP contribution in [0.4, 0.5) is 0 Å². The number of hydrazine groups is 1. The number of aldehydes is 1. The molecule has 1 aliphatic rings. The summed E-state index contributed by atoms with van der Waals surface area (Å²) in [5.41, 5.74) is 1.54. The molecule has 0 spiro atoms. The normalized spacial score (nSPS) is 15.7. The van der Waals surface area contributed by atoms with E-state index in [9.17, 15) is 14.4 Å². The fraction of sp³-hybridized carbons (Fsp3) is 0.611. The Hall–Kier alpha value is -2.19. The van der Waals surface area contributed by atoms with Crippen LogP contribution in [-0.2, 0) is 16.0 Å². The number of H-pyrrole nitrogens is 1. The standard InChI is InChI=1S/C18H28N4O4/c1-5-22(21-9-7-20(4)8-10-21)16(24)11-14-17(18(25)26-6-2)13(3)15(12-23)19-14/h12,19H,5-11H2,1-4H3. The number of hydrogen-bond donors (Lipinski definition) is 1. The van der Waals surface area contributed by atoms with Gasteiger partial charge in [-0.15, -0.1) is 0 Å². The van der Waals surface area contributed by atoms with Gasteiger partial charge in [-0.3, -0.25) is 14.6 Å². The Labute approximate surface area is 154 Å². The number of ether oxygens (including phenoxy) is 1. The summed E-state index contributed by atoms with van der Waals surface area (Å²) in [7, 11) is 2.06. The van der Waals surface area contributed by atoms with Gasteiger partial charge in [0, 0.05) is 38.4 Å². The lowest BCUT2D eigenvalue weighted by Gasteiger charge is -2.39. The van der Waals surface area contributed by atoms with Crippen LogP contribution >= 0.6 is 0 Å². The summed E-state index contributed by atoms with van der Waals surface area (Å²) in [5.74, 6) is -0.624. The van der Waals surface area contributed by atoms with E-state index in [1.165, 1.54) is 0 Å². The first-order valence-corrected chi connectivity index (χ1v) is 9.00. The third-order valence-corrected chi connectivity index (χ3v) is 4.70. The van der Waals surface area contributed by atoms with Gasteiger partial charge in [-0.2, -0.15) is 0 Å². The number of amides is 1. The van der Waals surface area contributed by atoms with E-state index in [2.05, 4.69) is 16.9 Å². The van der Waals surface area contributed by atoms with E-state index in [-0.39, 0.29) is 24.5 Å². The van der Waals surface area contributed by atoms with Gasteiger partial charge < -0.3 is 14.6 Å². The predicted molar refractivity (Wildman–Crippen MR) is 97.0 cm³/mol. The zero-order valence-corrected chi connectivity index (χ0v) is 16.0. The summed E-state index contributed by atoms with van der Waals surface area (Å²) in [5, 5.41) is 3.77. The van der Waals surface area contributed by atoms with Gasteiger partial charge in [0.05, 0.1) is 24.3 Å². The zero-order valence-electron chi connectivity index (χ0n) is 16.0. The van der Waals surface area contributed by atoms with Crippen LogP contribution in [0.25, 0.3) is 0 Å². The Morgan fingerprint density at radius 3 is 2.42 bits per heavy atom. The number of aromatic amines is 1. The van der Waals surface area contributed by atoms with Crippen molar-refractivity contribution in [2.75, 3.05) is 46.4 Å². The van der Waals surface area contributed by atoms with Crippen molar-refractivity contribution in [1.29, 1.82) is 0 Å². The first-order valence-electron chi connectivity index (χ1n) is 9.00. The molecule has 8 heteroatoms. The number of esters is 1. The quantitative estimate of drug-likeness (QED) is 0.571. The highest BCUT2D eigenvalue weighted by Crippen LogP contribution is 2.20. The van der Waals surface area contributed by atoms with E-state index in [1.807, 2.05) is 11.9 Å². The largest absolute Gasteiger partial charge is 0.462 e. The number of aromatic nitrogens is 1. The first-order chi connectivity index (χ1) is 12.4. The summed E-state index contributed by atoms with van der Waals surface area (Å²) in [6, 6.07) is 0. The third kappa shape index (κ3) is 4.31. The Morgan fingerprint density at radius 1 is 1.23 bits per heavy atom. The van der Waals surface area contributed by atoms with Crippen molar-refractivity contribution in [3.05, 3.63) is 22.5 Å². The van der Waals surface area contributed by atoms with Gasteiger partial charge in [0.2, 0.25) is 5.91 Å². The second kappa shape index (κ2) is 8.95. The Kier molecular flexibility index (Phi) is 6.93. The molecule has 1 N–H and O–H groups in total. The summed E-state index contributed by atoms with van der Waals surface area (Å²) in [6.45, 7) is 9.47. The van der Waals surface area contributed by atoms with Crippen LogP contribution in [0, 0.1) is 6.92 Å². The molecular weight excluding hydrogens is 336 g/mol. The molecule has 0 atom stereocenters. The maximum Gasteiger partial charge on any atom is 0.340 e. The average molecular weight is 364 g/mol. The highest BCUT2D eigenvalue weighted by atomic mass is 16.5. The van der Waals surface area contributed by atoms with Crippen molar-refractivity contribution in [3.8, 4) is 0 Å². The molecule has 1 fully saturated rings. The van der Waals surface area contributed by atoms with Crippen molar-refractivity contribution < 1.29 is 19.1 Å². The van der Waals surface area contributed by atoms with E-state index in [1.54, 1.807) is 18.9 Å². The number of hydrogen-bond acceptors (Lipinski definition) is 6. The second-order valence-corrected chi connectivity index (χ2v) is 6.40. The van der Waals surface area contributed by atoms with Gasteiger partial charge in [0.25, 0.3) is 0 Å². The van der Waals surface area contributed by atoms with E-state index in [4.69, 9.17) is 4.74 Å². The maximum absolute atomic E-state index is 12.9. The minimum Gasteiger partial charge on any atom is -0.462 e. The van der Waals surface area contributed by atoms with E-state index in [0.29, 0.717) is 29.8 Å². The molecule has 2 rings (SSSR count). The lowest BCUT2D eigenvalue weighted by Crippen LogP contribution is -2.55. The molecule has 0 bridgehead atoms. The van der Waals surface area contributed by atoms with Gasteiger partial charge in [0.1, 0.15) is 0 Å². The van der Waals surface area contributed by atoms with E-state index >= 15 is 0 Å². The minimum absolute atomic E-state index is 0.0169. The van der Waals surface area contributed by atoms with Crippen molar-refractivity contribution in [2.45, 2.75) is 27.2 Å². The predicted octanol–water partition coefficient (Wildman–Crippen LogP) is 0.866. The molecule has 144 valence electrons. The van der Waals surface area contributed by atoms with Gasteiger partial charge in [0.15, 0.2) is 6.29 Å². The van der Waals surface area contributed by atoms with Gasteiger partial charge >= 0.3 is 5.97 Å². The Morgan fingerprint density at radius 2 is 1.88 bits per heavy atom. The van der Waals surface area contributed by atoms with Crippen LogP contribution in [0.1, 0.15) is 46.0 Å². The van der Waals surface area contributed by atoms with Crippen molar-refractivity contribution in [3.63, 3.8) is 0 Å². The topological polar surface area (TPSA) is 86.0 Å². The number of nitrogens with one attached hydrogen (secondary N) is 1. The molecule has 2 heterocycles. The van der Waals surface area contributed by atoms with Gasteiger partial charge in [-0.05, 0) is 33.4 Å². The monoisotopic (exact) mass is 364 g/mol. The summed E-state index contributed by atoms with van der Waals surface area (Å²) >= 11 is 0. The average Bonchev–Trinajstić information content (AvgIpc) is 2.92. The zero-order chi connectivity index (χ0) is 19.3. The van der Waals surface area contributed by atoms with Crippen LogP contribution in [-0.4, -0.2) is 84.4 Å². The van der Waals surface area contributed by atoms with E-state index in [0.717, 1.165) is 26.2 Å². The molecule has 1 aromatic rings. The molecule has 0 unspecified atom stereocenters. The highest BCUT2D eigenvalue weighted by Gasteiger charge is 2.27. The van der Waals surface area contributed by atoms with Crippen molar-refractivity contribution >= 4 is 18.2 Å². The maximum atomic E-state index is 12.9. The summed E-state index contributed by atoms with van der Waals surface area (Å²) in [4.78, 5) is 41.5. The van der Waals surface area contributed by atoms with Crippen molar-refractivity contribution in [1.82, 2.24) is 19.9 Å². The van der Waals surface area contributed by atoms with Crippen molar-refractivity contribution in [2.24, 2.45) is 0 Å². The van der Waals surface area contributed by atoms with Crippen LogP contribution in [0.5, 0.6) is 0 Å². The van der Waals surface area contributed by atoms with Crippen LogP contribution in [0.15, 0.2) is 0 Å². The van der Waals surface area contributed by atoms with Gasteiger partial charge in [-0.1, -0.05) is 0 Å². The minimum atomic E-state index is -0.514. The molecule has 26 heavy (non-hydrogen) atoms. The molecule has 1 aliphatic heterocycles. The Bertz CT molecular complexity index is 662. The number of nitrogens with zero attached hydrogens (tertiary/aromatic N) is 3. The second-order valence-electron chi connectivity index (χ2n) is 6.40. The summed E-state index contributed by atoms with van der Waals surface area (Å²) < 4.78 is 5.09. The molecule has 8 nitrogen and oxygen atoms in total. The molecule has 1 saturated heterocycles. The lowest BCUT2D eigenvalue weighted by atomic mass is 10.1.